The van der Waals surface area contributed by atoms with Crippen molar-refractivity contribution in [3.05, 3.63) is 47.5 Å². The molecule has 5 heteroatoms. The highest BCUT2D eigenvalue weighted by Gasteiger charge is 2.47. The summed E-state index contributed by atoms with van der Waals surface area (Å²) < 4.78 is 0. The molecule has 27 heavy (non-hydrogen) atoms. The van der Waals surface area contributed by atoms with Gasteiger partial charge in [0.25, 0.3) is 0 Å². The van der Waals surface area contributed by atoms with Crippen LogP contribution in [0.15, 0.2) is 36.4 Å². The molecule has 5 nitrogen and oxygen atoms in total. The van der Waals surface area contributed by atoms with E-state index in [4.69, 9.17) is 0 Å². The number of carboxylic acid groups (broad SMARTS) is 2. The number of rotatable bonds is 12. The SMILES string of the molecule is C=C(C(=O)O)C(CC(=O)c1ccc(C)cc1)(CC(CC)CCCC)C(=O)O. The number of hydrogen-bond donors (Lipinski definition) is 2. The Morgan fingerprint density at radius 3 is 2.15 bits per heavy atom. The van der Waals surface area contributed by atoms with E-state index in [2.05, 4.69) is 6.58 Å². The van der Waals surface area contributed by atoms with Crippen LogP contribution >= 0.6 is 0 Å². The summed E-state index contributed by atoms with van der Waals surface area (Å²) in [6.45, 7) is 9.44. The molecular formula is C22H30O5. The van der Waals surface area contributed by atoms with E-state index in [0.717, 1.165) is 31.2 Å². The van der Waals surface area contributed by atoms with Crippen molar-refractivity contribution in [1.82, 2.24) is 0 Å². The highest BCUT2D eigenvalue weighted by atomic mass is 16.4. The Kier molecular flexibility index (Phi) is 8.41. The van der Waals surface area contributed by atoms with Crippen molar-refractivity contribution < 1.29 is 24.6 Å². The maximum Gasteiger partial charge on any atom is 0.332 e. The summed E-state index contributed by atoms with van der Waals surface area (Å²) in [6.07, 6.45) is 3.12. The van der Waals surface area contributed by atoms with Crippen molar-refractivity contribution in [2.45, 2.75) is 59.3 Å². The molecule has 0 fully saturated rings. The Morgan fingerprint density at radius 2 is 1.70 bits per heavy atom. The van der Waals surface area contributed by atoms with E-state index in [-0.39, 0.29) is 18.1 Å². The molecule has 1 aromatic carbocycles. The van der Waals surface area contributed by atoms with Crippen molar-refractivity contribution in [2.24, 2.45) is 11.3 Å². The first-order valence-corrected chi connectivity index (χ1v) is 9.43. The molecule has 0 radical (unpaired) electrons. The van der Waals surface area contributed by atoms with Crippen LogP contribution in [0.5, 0.6) is 0 Å². The zero-order valence-electron chi connectivity index (χ0n) is 16.5. The summed E-state index contributed by atoms with van der Waals surface area (Å²) in [4.78, 5) is 36.6. The van der Waals surface area contributed by atoms with Crippen molar-refractivity contribution in [1.29, 1.82) is 0 Å². The molecule has 0 spiro atoms. The smallest absolute Gasteiger partial charge is 0.332 e. The number of ketones is 1. The summed E-state index contributed by atoms with van der Waals surface area (Å²) in [6, 6.07) is 6.83. The maximum atomic E-state index is 12.8. The van der Waals surface area contributed by atoms with Gasteiger partial charge in [-0.3, -0.25) is 9.59 Å². The lowest BCUT2D eigenvalue weighted by molar-refractivity contribution is -0.151. The van der Waals surface area contributed by atoms with Crippen LogP contribution in [0.4, 0.5) is 0 Å². The third-order valence-corrected chi connectivity index (χ3v) is 5.26. The highest BCUT2D eigenvalue weighted by Crippen LogP contribution is 2.41. The second kappa shape index (κ2) is 10.0. The normalized spacial score (nSPS) is 14.2. The molecule has 2 N–H and O–H groups in total. The van der Waals surface area contributed by atoms with Gasteiger partial charge in [-0.25, -0.2) is 4.79 Å². The predicted octanol–water partition coefficient (Wildman–Crippen LogP) is 4.89. The lowest BCUT2D eigenvalue weighted by Gasteiger charge is -2.32. The Bertz CT molecular complexity index is 689. The van der Waals surface area contributed by atoms with Gasteiger partial charge < -0.3 is 10.2 Å². The molecule has 0 saturated carbocycles. The summed E-state index contributed by atoms with van der Waals surface area (Å²) in [7, 11) is 0. The van der Waals surface area contributed by atoms with E-state index in [1.54, 1.807) is 24.3 Å². The minimum absolute atomic E-state index is 0.0166. The van der Waals surface area contributed by atoms with Gasteiger partial charge in [0.05, 0.1) is 0 Å². The standard InChI is InChI=1S/C22H30O5/c1-5-7-8-17(6-2)13-22(21(26)27,16(4)20(24)25)14-19(23)18-11-9-15(3)10-12-18/h9-12,17H,4-8,13-14H2,1-3H3,(H,24,25)(H,26,27). The number of aliphatic carboxylic acids is 2. The Labute approximate surface area is 161 Å². The first-order chi connectivity index (χ1) is 12.7. The topological polar surface area (TPSA) is 91.7 Å². The number of aryl methyl sites for hydroxylation is 1. The van der Waals surface area contributed by atoms with E-state index in [0.29, 0.717) is 5.56 Å². The van der Waals surface area contributed by atoms with Gasteiger partial charge in [-0.15, -0.1) is 0 Å². The van der Waals surface area contributed by atoms with E-state index >= 15 is 0 Å². The minimum atomic E-state index is -1.80. The fourth-order valence-corrected chi connectivity index (χ4v) is 3.35. The Balaban J connectivity index is 3.27. The third kappa shape index (κ3) is 5.78. The average molecular weight is 374 g/mol. The monoisotopic (exact) mass is 374 g/mol. The summed E-state index contributed by atoms with van der Waals surface area (Å²) in [5.41, 5.74) is -0.865. The number of benzene rings is 1. The average Bonchev–Trinajstić information content (AvgIpc) is 2.63. The Morgan fingerprint density at radius 1 is 1.11 bits per heavy atom. The number of unbranched alkanes of at least 4 members (excludes halogenated alkanes) is 1. The van der Waals surface area contributed by atoms with Gasteiger partial charge in [-0.1, -0.05) is 75.9 Å². The molecule has 0 amide bonds. The summed E-state index contributed by atoms with van der Waals surface area (Å²) in [5.74, 6) is -3.04. The minimum Gasteiger partial charge on any atom is -0.481 e. The molecule has 0 saturated heterocycles. The summed E-state index contributed by atoms with van der Waals surface area (Å²) in [5, 5.41) is 19.5. The predicted molar refractivity (Wildman–Crippen MR) is 105 cm³/mol. The second-order valence-electron chi connectivity index (χ2n) is 7.26. The van der Waals surface area contributed by atoms with Crippen LogP contribution in [0, 0.1) is 18.3 Å². The molecule has 148 valence electrons. The van der Waals surface area contributed by atoms with Gasteiger partial charge in [-0.05, 0) is 19.3 Å². The largest absolute Gasteiger partial charge is 0.481 e. The van der Waals surface area contributed by atoms with Crippen LogP contribution in [0.25, 0.3) is 0 Å². The lowest BCUT2D eigenvalue weighted by atomic mass is 9.68. The van der Waals surface area contributed by atoms with Crippen LogP contribution in [-0.2, 0) is 9.59 Å². The fourth-order valence-electron chi connectivity index (χ4n) is 3.35. The first kappa shape index (κ1) is 22.6. The molecule has 1 aromatic rings. The van der Waals surface area contributed by atoms with Crippen LogP contribution < -0.4 is 0 Å². The highest BCUT2D eigenvalue weighted by molar-refractivity contribution is 6.03. The van der Waals surface area contributed by atoms with Gasteiger partial charge in [0.1, 0.15) is 5.41 Å². The van der Waals surface area contributed by atoms with Crippen molar-refractivity contribution in [2.75, 3.05) is 0 Å². The number of carbonyl (C=O) groups excluding carboxylic acids is 1. The van der Waals surface area contributed by atoms with Crippen LogP contribution in [0.3, 0.4) is 0 Å². The molecule has 0 aliphatic rings. The first-order valence-electron chi connectivity index (χ1n) is 9.43. The van der Waals surface area contributed by atoms with Gasteiger partial charge in [-0.2, -0.15) is 0 Å². The molecule has 0 heterocycles. The van der Waals surface area contributed by atoms with Gasteiger partial charge >= 0.3 is 11.9 Å². The van der Waals surface area contributed by atoms with Gasteiger partial charge in [0.15, 0.2) is 5.78 Å². The van der Waals surface area contributed by atoms with Gasteiger partial charge in [0, 0.05) is 17.6 Å². The van der Waals surface area contributed by atoms with Crippen molar-refractivity contribution >= 4 is 17.7 Å². The van der Waals surface area contributed by atoms with Gasteiger partial charge in [0.2, 0.25) is 0 Å². The molecule has 2 atom stereocenters. The van der Waals surface area contributed by atoms with Crippen LogP contribution in [0.2, 0.25) is 0 Å². The molecular weight excluding hydrogens is 344 g/mol. The van der Waals surface area contributed by atoms with Crippen LogP contribution in [0.1, 0.15) is 68.3 Å². The van der Waals surface area contributed by atoms with Crippen molar-refractivity contribution in [3.63, 3.8) is 0 Å². The number of carbonyl (C=O) groups is 3. The molecule has 2 unspecified atom stereocenters. The lowest BCUT2D eigenvalue weighted by Crippen LogP contribution is -2.40. The maximum absolute atomic E-state index is 12.8. The zero-order valence-corrected chi connectivity index (χ0v) is 16.5. The van der Waals surface area contributed by atoms with E-state index in [1.807, 2.05) is 20.8 Å². The van der Waals surface area contributed by atoms with Crippen LogP contribution in [-0.4, -0.2) is 27.9 Å². The third-order valence-electron chi connectivity index (χ3n) is 5.26. The van der Waals surface area contributed by atoms with E-state index < -0.39 is 29.3 Å². The van der Waals surface area contributed by atoms with E-state index in [1.165, 1.54) is 0 Å². The summed E-state index contributed by atoms with van der Waals surface area (Å²) >= 11 is 0. The zero-order chi connectivity index (χ0) is 20.6. The number of hydrogen-bond acceptors (Lipinski definition) is 3. The second-order valence-corrected chi connectivity index (χ2v) is 7.26. The molecule has 0 aliphatic carbocycles. The van der Waals surface area contributed by atoms with E-state index in [9.17, 15) is 24.6 Å². The molecule has 1 rings (SSSR count). The molecule has 0 aliphatic heterocycles. The Hall–Kier alpha value is -2.43. The molecule has 0 aromatic heterocycles. The number of Topliss-reactive ketones (excluding diaryl/α,β-unsaturated/α-hetero) is 1. The fraction of sp³-hybridized carbons (Fsp3) is 0.500. The molecule has 0 bridgehead atoms. The number of carboxylic acids is 2. The van der Waals surface area contributed by atoms with Crippen molar-refractivity contribution in [3.8, 4) is 0 Å². The quantitative estimate of drug-likeness (QED) is 0.401.